The number of carbonyl (C=O) groups is 3. The maximum absolute atomic E-state index is 13.3. The molecule has 0 saturated heterocycles. The molecule has 0 bridgehead atoms. The van der Waals surface area contributed by atoms with Crippen LogP contribution in [0.5, 0.6) is 0 Å². The Morgan fingerprint density at radius 3 is 1.19 bits per heavy atom. The second kappa shape index (κ2) is 24.1. The molecule has 2 aromatic rings. The minimum absolute atomic E-state index is 0.141. The lowest BCUT2D eigenvalue weighted by atomic mass is 10.0. The minimum atomic E-state index is -5.20. The lowest BCUT2D eigenvalue weighted by Crippen LogP contribution is -2.31. The van der Waals surface area contributed by atoms with Gasteiger partial charge in [-0.15, -0.1) is 0 Å². The number of rotatable bonds is 24. The highest BCUT2D eigenvalue weighted by Gasteiger charge is 2.38. The van der Waals surface area contributed by atoms with E-state index in [4.69, 9.17) is 14.2 Å². The zero-order valence-corrected chi connectivity index (χ0v) is 32.4. The van der Waals surface area contributed by atoms with E-state index in [9.17, 15) is 67.1 Å². The number of carbonyl (C=O) groups excluding carboxylic acids is 3. The van der Waals surface area contributed by atoms with Gasteiger partial charge in [-0.05, 0) is 79.6 Å². The fourth-order valence-electron chi connectivity index (χ4n) is 5.75. The zero-order valence-electron chi connectivity index (χ0n) is 32.4. The Kier molecular flexibility index (Phi) is 20.8. The Labute approximate surface area is 334 Å². The van der Waals surface area contributed by atoms with E-state index in [0.717, 1.165) is 38.5 Å². The van der Waals surface area contributed by atoms with Crippen molar-refractivity contribution in [2.24, 2.45) is 0 Å². The summed E-state index contributed by atoms with van der Waals surface area (Å²) < 4.78 is 174. The molecule has 0 atom stereocenters. The highest BCUT2D eigenvalue weighted by molar-refractivity contribution is 5.74. The Morgan fingerprint density at radius 1 is 0.492 bits per heavy atom. The van der Waals surface area contributed by atoms with Gasteiger partial charge >= 0.3 is 42.6 Å². The van der Waals surface area contributed by atoms with Gasteiger partial charge < -0.3 is 14.2 Å². The summed E-state index contributed by atoms with van der Waals surface area (Å²) >= 11 is 0. The van der Waals surface area contributed by atoms with Gasteiger partial charge in [0.15, 0.2) is 6.10 Å². The van der Waals surface area contributed by atoms with Crippen molar-refractivity contribution in [3.8, 4) is 0 Å². The molecule has 0 amide bonds. The number of alkyl halides is 12. The van der Waals surface area contributed by atoms with Gasteiger partial charge in [-0.2, -0.15) is 52.7 Å². The van der Waals surface area contributed by atoms with Crippen molar-refractivity contribution >= 4 is 17.9 Å². The number of ether oxygens (including phenoxy) is 3. The van der Waals surface area contributed by atoms with Crippen LogP contribution < -0.4 is 0 Å². The zero-order chi connectivity index (χ0) is 44.3. The lowest BCUT2D eigenvalue weighted by Gasteiger charge is -2.19. The standard InChI is InChI=1S/C41H48F12O6/c1-2-3-4-5-6-7-8-9-10-11-12-13-14-15-16-17-35(54)59-34(26-57-36(55)22-28-18-30(38(42,43)44)24-31(19-28)39(45,46)47)27-58-37(56)23-29-20-32(40(48,49)50)25-33(21-29)41(51,52)53/h9-10,18-21,24-25,34H,2-8,11-17,22-23,26-27H2,1H3. The normalized spacial score (nSPS) is 12.6. The summed E-state index contributed by atoms with van der Waals surface area (Å²) in [6.07, 6.45) is -7.62. The quantitative estimate of drug-likeness (QED) is 0.0344. The van der Waals surface area contributed by atoms with Crippen LogP contribution in [-0.4, -0.2) is 37.2 Å². The van der Waals surface area contributed by atoms with Gasteiger partial charge in [0.05, 0.1) is 35.1 Å². The molecule has 18 heteroatoms. The molecular formula is C41H48F12O6. The number of halogens is 12. The molecule has 0 heterocycles. The molecular weight excluding hydrogens is 816 g/mol. The first-order chi connectivity index (χ1) is 27.5. The second-order valence-corrected chi connectivity index (χ2v) is 14.0. The van der Waals surface area contributed by atoms with E-state index in [1.165, 1.54) is 32.1 Å². The molecule has 0 aliphatic heterocycles. The Balaban J connectivity index is 2.02. The molecule has 0 spiro atoms. The predicted molar refractivity (Wildman–Crippen MR) is 192 cm³/mol. The summed E-state index contributed by atoms with van der Waals surface area (Å²) in [4.78, 5) is 37.7. The topological polar surface area (TPSA) is 78.9 Å². The molecule has 332 valence electrons. The molecule has 0 aliphatic rings. The lowest BCUT2D eigenvalue weighted by molar-refractivity contribution is -0.166. The predicted octanol–water partition coefficient (Wildman–Crippen LogP) is 12.6. The Bertz CT molecular complexity index is 1490. The minimum Gasteiger partial charge on any atom is -0.461 e. The van der Waals surface area contributed by atoms with Crippen LogP contribution in [-0.2, 0) is 66.1 Å². The number of hydrogen-bond acceptors (Lipinski definition) is 6. The maximum Gasteiger partial charge on any atom is 0.416 e. The van der Waals surface area contributed by atoms with Gasteiger partial charge in [-0.3, -0.25) is 14.4 Å². The third kappa shape index (κ3) is 21.0. The summed E-state index contributed by atoms with van der Waals surface area (Å²) in [5, 5.41) is 0. The molecule has 59 heavy (non-hydrogen) atoms. The summed E-state index contributed by atoms with van der Waals surface area (Å²) in [5.74, 6) is -3.61. The third-order valence-electron chi connectivity index (χ3n) is 8.79. The number of benzene rings is 2. The van der Waals surface area contributed by atoms with Crippen molar-refractivity contribution in [2.45, 2.75) is 140 Å². The Morgan fingerprint density at radius 2 is 0.831 bits per heavy atom. The SMILES string of the molecule is CCCCCCCCC=CCCCCCCCC(=O)OC(COC(=O)Cc1cc(C(F)(F)F)cc(C(F)(F)F)c1)COC(=O)Cc1cc(C(F)(F)F)cc(C(F)(F)F)c1. The summed E-state index contributed by atoms with van der Waals surface area (Å²) in [7, 11) is 0. The van der Waals surface area contributed by atoms with Crippen LogP contribution in [0.1, 0.15) is 130 Å². The fourth-order valence-corrected chi connectivity index (χ4v) is 5.75. The van der Waals surface area contributed by atoms with Crippen LogP contribution in [0, 0.1) is 0 Å². The van der Waals surface area contributed by atoms with E-state index < -0.39 is 108 Å². The van der Waals surface area contributed by atoms with E-state index in [0.29, 0.717) is 37.1 Å². The van der Waals surface area contributed by atoms with Crippen molar-refractivity contribution in [1.29, 1.82) is 0 Å². The molecule has 0 aromatic heterocycles. The van der Waals surface area contributed by atoms with Crippen LogP contribution in [0.15, 0.2) is 48.6 Å². The van der Waals surface area contributed by atoms with Crippen LogP contribution >= 0.6 is 0 Å². The van der Waals surface area contributed by atoms with Crippen molar-refractivity contribution < 1.29 is 81.3 Å². The second-order valence-electron chi connectivity index (χ2n) is 14.0. The summed E-state index contributed by atoms with van der Waals surface area (Å²) in [5.41, 5.74) is -8.19. The number of allylic oxidation sites excluding steroid dienone is 2. The molecule has 2 rings (SSSR count). The highest BCUT2D eigenvalue weighted by atomic mass is 19.4. The van der Waals surface area contributed by atoms with Crippen molar-refractivity contribution in [1.82, 2.24) is 0 Å². The van der Waals surface area contributed by atoms with Gasteiger partial charge in [0.1, 0.15) is 13.2 Å². The van der Waals surface area contributed by atoms with Crippen LogP contribution in [0.4, 0.5) is 52.7 Å². The van der Waals surface area contributed by atoms with Gasteiger partial charge in [-0.25, -0.2) is 0 Å². The van der Waals surface area contributed by atoms with Gasteiger partial charge in [0, 0.05) is 6.42 Å². The molecule has 0 N–H and O–H groups in total. The average Bonchev–Trinajstić information content (AvgIpc) is 3.12. The van der Waals surface area contributed by atoms with Gasteiger partial charge in [0.25, 0.3) is 0 Å². The van der Waals surface area contributed by atoms with Crippen LogP contribution in [0.2, 0.25) is 0 Å². The molecule has 0 saturated carbocycles. The van der Waals surface area contributed by atoms with Crippen LogP contribution in [0.25, 0.3) is 0 Å². The number of esters is 3. The number of unbranched alkanes of at least 4 members (excludes halogenated alkanes) is 11. The molecule has 6 nitrogen and oxygen atoms in total. The van der Waals surface area contributed by atoms with Crippen molar-refractivity contribution in [3.63, 3.8) is 0 Å². The molecule has 0 radical (unpaired) electrons. The van der Waals surface area contributed by atoms with E-state index in [1.807, 2.05) is 0 Å². The molecule has 2 aromatic carbocycles. The van der Waals surface area contributed by atoms with E-state index >= 15 is 0 Å². The average molecular weight is 865 g/mol. The van der Waals surface area contributed by atoms with E-state index in [2.05, 4.69) is 19.1 Å². The van der Waals surface area contributed by atoms with E-state index in [1.54, 1.807) is 0 Å². The smallest absolute Gasteiger partial charge is 0.416 e. The van der Waals surface area contributed by atoms with E-state index in [-0.39, 0.29) is 18.6 Å². The van der Waals surface area contributed by atoms with Crippen molar-refractivity contribution in [2.75, 3.05) is 13.2 Å². The summed E-state index contributed by atoms with van der Waals surface area (Å²) in [6.45, 7) is 0.303. The van der Waals surface area contributed by atoms with Gasteiger partial charge in [0.2, 0.25) is 0 Å². The fraction of sp³-hybridized carbons (Fsp3) is 0.585. The molecule has 0 unspecified atom stereocenters. The highest BCUT2D eigenvalue weighted by Crippen LogP contribution is 2.38. The first kappa shape index (κ1) is 50.9. The maximum atomic E-state index is 13.3. The van der Waals surface area contributed by atoms with Crippen LogP contribution in [0.3, 0.4) is 0 Å². The number of hydrogen-bond donors (Lipinski definition) is 0. The Hall–Kier alpha value is -4.25. The first-order valence-corrected chi connectivity index (χ1v) is 19.2. The molecule has 0 aliphatic carbocycles. The largest absolute Gasteiger partial charge is 0.461 e. The van der Waals surface area contributed by atoms with Crippen molar-refractivity contribution in [3.05, 3.63) is 81.9 Å². The first-order valence-electron chi connectivity index (χ1n) is 19.2. The third-order valence-corrected chi connectivity index (χ3v) is 8.79. The van der Waals surface area contributed by atoms with Gasteiger partial charge in [-0.1, -0.05) is 70.4 Å². The molecule has 0 fully saturated rings. The monoisotopic (exact) mass is 864 g/mol. The summed E-state index contributed by atoms with van der Waals surface area (Å²) in [6, 6.07) is 0.947.